The largest absolute Gasteiger partial charge is 0.388 e. The van der Waals surface area contributed by atoms with E-state index in [0.717, 1.165) is 69.7 Å². The number of nitrogens with zero attached hydrogens (tertiary/aromatic N) is 2. The van der Waals surface area contributed by atoms with E-state index in [2.05, 4.69) is 27.9 Å². The first-order chi connectivity index (χ1) is 14.7. The molecule has 1 unspecified atom stereocenters. The van der Waals surface area contributed by atoms with Crippen LogP contribution in [0, 0.1) is 0 Å². The number of hydrogen-bond donors (Lipinski definition) is 3. The number of aromatic amines is 2. The normalized spacial score (nSPS) is 13.7. The van der Waals surface area contributed by atoms with Crippen molar-refractivity contribution < 1.29 is 5.11 Å². The van der Waals surface area contributed by atoms with Gasteiger partial charge in [-0.15, -0.1) is 0 Å². The fourth-order valence-electron chi connectivity index (χ4n) is 3.87. The third-order valence-electron chi connectivity index (χ3n) is 5.39. The van der Waals surface area contributed by atoms with Crippen molar-refractivity contribution >= 4 is 46.4 Å². The van der Waals surface area contributed by atoms with Gasteiger partial charge in [0.05, 0.1) is 28.9 Å². The van der Waals surface area contributed by atoms with E-state index in [1.807, 2.05) is 60.7 Å². The molecule has 8 bridgehead atoms. The van der Waals surface area contributed by atoms with Gasteiger partial charge >= 0.3 is 0 Å². The van der Waals surface area contributed by atoms with Crippen LogP contribution in [0.1, 0.15) is 60.6 Å². The van der Waals surface area contributed by atoms with E-state index < -0.39 is 6.10 Å². The number of unbranched alkanes of at least 4 members (excludes halogenated alkanes) is 1. The molecular weight excluding hydrogens is 372 g/mol. The van der Waals surface area contributed by atoms with Crippen molar-refractivity contribution in [3.63, 3.8) is 0 Å². The number of aliphatic hydroxyl groups excluding tert-OH is 1. The van der Waals surface area contributed by atoms with Crippen molar-refractivity contribution in [2.75, 3.05) is 0 Å². The van der Waals surface area contributed by atoms with Crippen LogP contribution in [0.5, 0.6) is 0 Å². The fourth-order valence-corrected chi connectivity index (χ4v) is 3.87. The van der Waals surface area contributed by atoms with E-state index in [0.29, 0.717) is 0 Å². The smallest absolute Gasteiger partial charge is 0.0810 e. The van der Waals surface area contributed by atoms with Gasteiger partial charge in [-0.3, -0.25) is 0 Å². The van der Waals surface area contributed by atoms with Crippen molar-refractivity contribution in [1.82, 2.24) is 19.9 Å². The maximum absolute atomic E-state index is 10.8. The van der Waals surface area contributed by atoms with Crippen LogP contribution in [-0.2, 0) is 0 Å². The Kier molecular flexibility index (Phi) is 4.81. The van der Waals surface area contributed by atoms with E-state index in [1.165, 1.54) is 0 Å². The summed E-state index contributed by atoms with van der Waals surface area (Å²) in [4.78, 5) is 16.2. The molecular formula is C25H24N4O. The summed E-state index contributed by atoms with van der Waals surface area (Å²) in [5.74, 6) is 0. The molecule has 0 aromatic carbocycles. The highest BCUT2D eigenvalue weighted by atomic mass is 16.3. The molecule has 30 heavy (non-hydrogen) atoms. The highest BCUT2D eigenvalue weighted by molar-refractivity contribution is 5.78. The maximum Gasteiger partial charge on any atom is 0.0810 e. The van der Waals surface area contributed by atoms with E-state index in [9.17, 15) is 5.11 Å². The quantitative estimate of drug-likeness (QED) is 0.355. The predicted molar refractivity (Wildman–Crippen MR) is 123 cm³/mol. The number of aliphatic hydroxyl groups is 1. The number of H-pyrrole nitrogens is 2. The van der Waals surface area contributed by atoms with Gasteiger partial charge in [-0.25, -0.2) is 9.97 Å². The molecule has 150 valence electrons. The molecule has 3 N–H and O–H groups in total. The predicted octanol–water partition coefficient (Wildman–Crippen LogP) is 5.88. The molecule has 5 nitrogen and oxygen atoms in total. The lowest BCUT2D eigenvalue weighted by Crippen LogP contribution is -1.95. The molecule has 5 heterocycles. The summed E-state index contributed by atoms with van der Waals surface area (Å²) in [6, 6.07) is 14.2. The first-order valence-corrected chi connectivity index (χ1v) is 10.4. The van der Waals surface area contributed by atoms with Crippen LogP contribution in [0.2, 0.25) is 0 Å². The Balaban J connectivity index is 1.76. The van der Waals surface area contributed by atoms with Gasteiger partial charge in [0.1, 0.15) is 0 Å². The first-order valence-electron chi connectivity index (χ1n) is 10.4. The molecule has 2 aliphatic rings. The standard InChI is InChI=1S/C25H24N4O/c1-2-3-4-25(30)23-14-22-13-20-8-7-18(27-20)11-16-5-6-17(26-16)12-19-9-10-21(28-19)15-24(23)29-22/h5-15,25,27,29-30H,2-4H2,1H3. The molecule has 2 aliphatic heterocycles. The maximum atomic E-state index is 10.8. The first kappa shape index (κ1) is 18.6. The van der Waals surface area contributed by atoms with Crippen LogP contribution in [0.15, 0.2) is 42.5 Å². The molecule has 0 saturated heterocycles. The van der Waals surface area contributed by atoms with E-state index in [1.54, 1.807) is 0 Å². The van der Waals surface area contributed by atoms with Gasteiger partial charge in [-0.2, -0.15) is 0 Å². The van der Waals surface area contributed by atoms with E-state index >= 15 is 0 Å². The van der Waals surface area contributed by atoms with E-state index in [-0.39, 0.29) is 0 Å². The average Bonchev–Trinajstić information content (AvgIpc) is 3.51. The Bertz CT molecular complexity index is 1310. The molecule has 3 aromatic rings. The molecule has 1 atom stereocenters. The number of hydrogen-bond acceptors (Lipinski definition) is 3. The second kappa shape index (κ2) is 7.76. The molecule has 0 radical (unpaired) electrons. The number of rotatable bonds is 4. The zero-order chi connectivity index (χ0) is 20.5. The molecule has 0 fully saturated rings. The summed E-state index contributed by atoms with van der Waals surface area (Å²) in [6.07, 6.45) is 10.3. The minimum Gasteiger partial charge on any atom is -0.388 e. The Labute approximate surface area is 174 Å². The number of nitrogens with one attached hydrogen (secondary N) is 2. The Morgan fingerprint density at radius 3 is 2.10 bits per heavy atom. The highest BCUT2D eigenvalue weighted by Crippen LogP contribution is 2.26. The van der Waals surface area contributed by atoms with Crippen molar-refractivity contribution in [3.05, 3.63) is 70.8 Å². The molecule has 0 spiro atoms. The summed E-state index contributed by atoms with van der Waals surface area (Å²) in [6.45, 7) is 2.14. The summed E-state index contributed by atoms with van der Waals surface area (Å²) in [7, 11) is 0. The number of fused-ring (bicyclic) bond motifs is 8. The van der Waals surface area contributed by atoms with Crippen molar-refractivity contribution in [2.45, 2.75) is 32.3 Å². The van der Waals surface area contributed by atoms with Gasteiger partial charge in [0.2, 0.25) is 0 Å². The third kappa shape index (κ3) is 3.84. The SMILES string of the molecule is CCCCC(O)c1cc2cc3ccc(cc4nc(cc5nc(cc1[nH]2)C=C5)C=C4)[nH]3. The van der Waals surface area contributed by atoms with Crippen LogP contribution in [0.4, 0.5) is 0 Å². The highest BCUT2D eigenvalue weighted by Gasteiger charge is 2.12. The topological polar surface area (TPSA) is 77.6 Å². The molecule has 0 saturated carbocycles. The zero-order valence-corrected chi connectivity index (χ0v) is 16.9. The molecule has 0 amide bonds. The van der Waals surface area contributed by atoms with Gasteiger partial charge < -0.3 is 15.1 Å². The molecule has 0 aliphatic carbocycles. The van der Waals surface area contributed by atoms with E-state index in [4.69, 9.17) is 4.98 Å². The summed E-state index contributed by atoms with van der Waals surface area (Å²) < 4.78 is 0. The van der Waals surface area contributed by atoms with Crippen LogP contribution >= 0.6 is 0 Å². The third-order valence-corrected chi connectivity index (χ3v) is 5.39. The lowest BCUT2D eigenvalue weighted by molar-refractivity contribution is 0.166. The molecule has 5 heteroatoms. The lowest BCUT2D eigenvalue weighted by atomic mass is 10.1. The summed E-state index contributed by atoms with van der Waals surface area (Å²) in [5, 5.41) is 10.8. The van der Waals surface area contributed by atoms with Crippen LogP contribution < -0.4 is 0 Å². The Morgan fingerprint density at radius 1 is 0.767 bits per heavy atom. The van der Waals surface area contributed by atoms with Crippen LogP contribution in [0.3, 0.4) is 0 Å². The van der Waals surface area contributed by atoms with Crippen molar-refractivity contribution in [2.24, 2.45) is 0 Å². The van der Waals surface area contributed by atoms with Gasteiger partial charge in [-0.1, -0.05) is 19.8 Å². The van der Waals surface area contributed by atoms with Gasteiger partial charge in [-0.05, 0) is 73.2 Å². The minimum atomic E-state index is -0.503. The summed E-state index contributed by atoms with van der Waals surface area (Å²) >= 11 is 0. The second-order valence-corrected chi connectivity index (χ2v) is 7.79. The minimum absolute atomic E-state index is 0.503. The Hall–Kier alpha value is -3.44. The van der Waals surface area contributed by atoms with Gasteiger partial charge in [0, 0.05) is 27.6 Å². The van der Waals surface area contributed by atoms with Gasteiger partial charge in [0.15, 0.2) is 0 Å². The second-order valence-electron chi connectivity index (χ2n) is 7.79. The van der Waals surface area contributed by atoms with Crippen LogP contribution in [0.25, 0.3) is 46.4 Å². The average molecular weight is 396 g/mol. The van der Waals surface area contributed by atoms with Crippen LogP contribution in [-0.4, -0.2) is 25.0 Å². The number of aromatic nitrogens is 4. The fraction of sp³-hybridized carbons (Fsp3) is 0.200. The van der Waals surface area contributed by atoms with Crippen molar-refractivity contribution in [3.8, 4) is 0 Å². The lowest BCUT2D eigenvalue weighted by Gasteiger charge is -2.08. The zero-order valence-electron chi connectivity index (χ0n) is 16.9. The Morgan fingerprint density at radius 2 is 1.40 bits per heavy atom. The molecule has 5 rings (SSSR count). The monoisotopic (exact) mass is 396 g/mol. The van der Waals surface area contributed by atoms with Crippen molar-refractivity contribution in [1.29, 1.82) is 0 Å². The van der Waals surface area contributed by atoms with Gasteiger partial charge in [0.25, 0.3) is 0 Å². The molecule has 3 aromatic heterocycles. The summed E-state index contributed by atoms with van der Waals surface area (Å²) in [5.41, 5.74) is 8.24.